The summed E-state index contributed by atoms with van der Waals surface area (Å²) >= 11 is 0. The van der Waals surface area contributed by atoms with Crippen LogP contribution in [0.4, 0.5) is 5.82 Å². The fourth-order valence-electron chi connectivity index (χ4n) is 3.70. The number of likely N-dealkylation sites (tertiary alicyclic amines) is 1. The number of aliphatic imine (C=N–C) groups is 1. The third kappa shape index (κ3) is 7.12. The predicted molar refractivity (Wildman–Crippen MR) is 137 cm³/mol. The monoisotopic (exact) mass is 522 g/mol. The summed E-state index contributed by atoms with van der Waals surface area (Å²) in [5.41, 5.74) is 2.52. The Bertz CT molecular complexity index is 774. The van der Waals surface area contributed by atoms with Crippen LogP contribution in [0.2, 0.25) is 0 Å². The van der Waals surface area contributed by atoms with E-state index in [-0.39, 0.29) is 24.0 Å². The van der Waals surface area contributed by atoms with Gasteiger partial charge in [-0.05, 0) is 56.1 Å². The highest BCUT2D eigenvalue weighted by atomic mass is 127. The van der Waals surface area contributed by atoms with Crippen LogP contribution in [0.25, 0.3) is 0 Å². The largest absolute Gasteiger partial charge is 0.363 e. The van der Waals surface area contributed by atoms with Gasteiger partial charge in [-0.2, -0.15) is 0 Å². The second kappa shape index (κ2) is 12.7. The predicted octanol–water partition coefficient (Wildman–Crippen LogP) is 3.66. The van der Waals surface area contributed by atoms with E-state index < -0.39 is 0 Å². The minimum Gasteiger partial charge on any atom is -0.363 e. The van der Waals surface area contributed by atoms with Crippen molar-refractivity contribution in [2.24, 2.45) is 4.99 Å². The summed E-state index contributed by atoms with van der Waals surface area (Å²) in [6, 6.07) is 15.3. The van der Waals surface area contributed by atoms with Crippen molar-refractivity contribution in [1.29, 1.82) is 0 Å². The molecule has 3 rings (SSSR count). The van der Waals surface area contributed by atoms with Gasteiger partial charge in [-0.1, -0.05) is 30.3 Å². The highest BCUT2D eigenvalue weighted by Crippen LogP contribution is 2.24. The van der Waals surface area contributed by atoms with Crippen LogP contribution in [0.15, 0.2) is 53.7 Å². The van der Waals surface area contributed by atoms with Gasteiger partial charge in [-0.3, -0.25) is 4.90 Å². The lowest BCUT2D eigenvalue weighted by Crippen LogP contribution is -2.42. The van der Waals surface area contributed by atoms with Crippen molar-refractivity contribution in [2.45, 2.75) is 32.4 Å². The maximum atomic E-state index is 4.81. The fraction of sp³-hybridized carbons (Fsp3) is 0.478. The maximum absolute atomic E-state index is 4.81. The number of anilines is 1. The van der Waals surface area contributed by atoms with Crippen molar-refractivity contribution in [3.05, 3.63) is 59.8 Å². The molecule has 0 spiro atoms. The van der Waals surface area contributed by atoms with E-state index in [0.717, 1.165) is 30.4 Å². The third-order valence-corrected chi connectivity index (χ3v) is 5.26. The number of rotatable bonds is 8. The lowest BCUT2D eigenvalue weighted by atomic mass is 10.1. The number of aromatic nitrogens is 1. The Morgan fingerprint density at radius 2 is 1.87 bits per heavy atom. The highest BCUT2D eigenvalue weighted by molar-refractivity contribution is 14.0. The Kier molecular flexibility index (Phi) is 10.4. The molecule has 1 saturated heterocycles. The lowest BCUT2D eigenvalue weighted by molar-refractivity contribution is 0.245. The number of pyridine rings is 1. The first-order chi connectivity index (χ1) is 14.2. The Morgan fingerprint density at radius 3 is 2.53 bits per heavy atom. The number of benzene rings is 1. The van der Waals surface area contributed by atoms with Crippen molar-refractivity contribution in [2.75, 3.05) is 45.2 Å². The summed E-state index contributed by atoms with van der Waals surface area (Å²) in [5, 5.41) is 6.96. The lowest BCUT2D eigenvalue weighted by Gasteiger charge is -2.29. The molecule has 6 nitrogen and oxygen atoms in total. The van der Waals surface area contributed by atoms with Crippen LogP contribution >= 0.6 is 24.0 Å². The van der Waals surface area contributed by atoms with Crippen molar-refractivity contribution >= 4 is 35.8 Å². The second-order valence-electron chi connectivity index (χ2n) is 7.66. The summed E-state index contributed by atoms with van der Waals surface area (Å²) in [7, 11) is 4.01. The molecule has 0 amide bonds. The molecular weight excluding hydrogens is 487 g/mol. The van der Waals surface area contributed by atoms with Crippen molar-refractivity contribution in [1.82, 2.24) is 20.5 Å². The smallest absolute Gasteiger partial charge is 0.191 e. The second-order valence-corrected chi connectivity index (χ2v) is 7.66. The van der Waals surface area contributed by atoms with Gasteiger partial charge in [0.05, 0.1) is 12.6 Å². The molecule has 30 heavy (non-hydrogen) atoms. The quantitative estimate of drug-likeness (QED) is 0.315. The van der Waals surface area contributed by atoms with Gasteiger partial charge < -0.3 is 15.5 Å². The summed E-state index contributed by atoms with van der Waals surface area (Å²) < 4.78 is 0. The highest BCUT2D eigenvalue weighted by Gasteiger charge is 2.23. The summed E-state index contributed by atoms with van der Waals surface area (Å²) in [4.78, 5) is 13.8. The van der Waals surface area contributed by atoms with E-state index in [1.165, 1.54) is 31.5 Å². The molecular formula is C23H35IN6. The minimum atomic E-state index is 0. The average Bonchev–Trinajstić information content (AvgIpc) is 3.27. The molecule has 0 aliphatic carbocycles. The SMILES string of the molecule is CCNC(=NCc1ccnc(N(C)C)c1)NCC(c1ccccc1)N1CCCC1.I. The van der Waals surface area contributed by atoms with Crippen LogP contribution in [0.3, 0.4) is 0 Å². The maximum Gasteiger partial charge on any atom is 0.191 e. The molecule has 1 aromatic carbocycles. The van der Waals surface area contributed by atoms with Gasteiger partial charge in [-0.25, -0.2) is 9.98 Å². The molecule has 1 unspecified atom stereocenters. The molecule has 0 saturated carbocycles. The van der Waals surface area contributed by atoms with Gasteiger partial charge in [0.2, 0.25) is 0 Å². The van der Waals surface area contributed by atoms with Gasteiger partial charge in [0.1, 0.15) is 5.82 Å². The van der Waals surface area contributed by atoms with E-state index in [1.807, 2.05) is 31.3 Å². The van der Waals surface area contributed by atoms with Crippen LogP contribution in [0.1, 0.15) is 36.9 Å². The summed E-state index contributed by atoms with van der Waals surface area (Å²) in [6.45, 7) is 6.74. The molecule has 0 bridgehead atoms. The van der Waals surface area contributed by atoms with Crippen LogP contribution in [0.5, 0.6) is 0 Å². The number of halogens is 1. The topological polar surface area (TPSA) is 55.8 Å². The summed E-state index contributed by atoms with van der Waals surface area (Å²) in [6.07, 6.45) is 4.42. The zero-order valence-corrected chi connectivity index (χ0v) is 20.7. The van der Waals surface area contributed by atoms with Crippen LogP contribution in [-0.4, -0.2) is 56.1 Å². The van der Waals surface area contributed by atoms with Crippen LogP contribution in [0, 0.1) is 0 Å². The van der Waals surface area contributed by atoms with Crippen molar-refractivity contribution in [3.63, 3.8) is 0 Å². The zero-order chi connectivity index (χ0) is 20.5. The Labute approximate surface area is 198 Å². The van der Waals surface area contributed by atoms with E-state index in [4.69, 9.17) is 4.99 Å². The standard InChI is InChI=1S/C23H34N6.HI/c1-4-24-23(26-17-19-12-13-25-22(16-19)28(2)3)27-18-21(29-14-8-9-15-29)20-10-6-5-7-11-20;/h5-7,10-13,16,21H,4,8-9,14-15,17-18H2,1-3H3,(H2,24,26,27);1H. The van der Waals surface area contributed by atoms with E-state index >= 15 is 0 Å². The zero-order valence-electron chi connectivity index (χ0n) is 18.3. The number of nitrogens with zero attached hydrogens (tertiary/aromatic N) is 4. The first kappa shape index (κ1) is 24.4. The molecule has 2 aromatic rings. The van der Waals surface area contributed by atoms with E-state index in [9.17, 15) is 0 Å². The normalized spacial score (nSPS) is 15.4. The molecule has 0 radical (unpaired) electrons. The molecule has 1 aliphatic rings. The first-order valence-electron chi connectivity index (χ1n) is 10.6. The van der Waals surface area contributed by atoms with Gasteiger partial charge in [-0.15, -0.1) is 24.0 Å². The molecule has 1 fully saturated rings. The number of hydrogen-bond donors (Lipinski definition) is 2. The minimum absolute atomic E-state index is 0. The van der Waals surface area contributed by atoms with Crippen molar-refractivity contribution in [3.8, 4) is 0 Å². The van der Waals surface area contributed by atoms with Gasteiger partial charge in [0.15, 0.2) is 5.96 Å². The van der Waals surface area contributed by atoms with E-state index in [1.54, 1.807) is 0 Å². The number of guanidine groups is 1. The molecule has 2 heterocycles. The number of hydrogen-bond acceptors (Lipinski definition) is 4. The van der Waals surface area contributed by atoms with Crippen LogP contribution < -0.4 is 15.5 Å². The average molecular weight is 522 g/mol. The molecule has 2 N–H and O–H groups in total. The third-order valence-electron chi connectivity index (χ3n) is 5.26. The summed E-state index contributed by atoms with van der Waals surface area (Å²) in [5.74, 6) is 1.81. The fourth-order valence-corrected chi connectivity index (χ4v) is 3.70. The van der Waals surface area contributed by atoms with Gasteiger partial charge >= 0.3 is 0 Å². The molecule has 164 valence electrons. The van der Waals surface area contributed by atoms with Gasteiger partial charge in [0, 0.05) is 33.4 Å². The van der Waals surface area contributed by atoms with E-state index in [0.29, 0.717) is 12.6 Å². The van der Waals surface area contributed by atoms with Crippen LogP contribution in [-0.2, 0) is 6.54 Å². The Balaban J connectivity index is 0.00000320. The first-order valence-corrected chi connectivity index (χ1v) is 10.6. The molecule has 1 aliphatic heterocycles. The molecule has 7 heteroatoms. The molecule has 1 atom stereocenters. The van der Waals surface area contributed by atoms with Crippen molar-refractivity contribution < 1.29 is 0 Å². The number of nitrogens with one attached hydrogen (secondary N) is 2. The Morgan fingerprint density at radius 1 is 1.13 bits per heavy atom. The molecule has 1 aromatic heterocycles. The van der Waals surface area contributed by atoms with Gasteiger partial charge in [0.25, 0.3) is 0 Å². The Hall–Kier alpha value is -1.87. The van der Waals surface area contributed by atoms with E-state index in [2.05, 4.69) is 63.8 Å².